The molecule has 1 aromatic carbocycles. The maximum Gasteiger partial charge on any atom is 0.230 e. The van der Waals surface area contributed by atoms with Gasteiger partial charge in [-0.15, -0.1) is 0 Å². The first-order valence-electron chi connectivity index (χ1n) is 8.29. The van der Waals surface area contributed by atoms with E-state index in [-0.39, 0.29) is 11.3 Å². The molecule has 0 bridgehead atoms. The fraction of sp³-hybridized carbons (Fsp3) is 0.611. The number of ether oxygens (including phenoxy) is 2. The van der Waals surface area contributed by atoms with Crippen molar-refractivity contribution in [3.05, 3.63) is 29.8 Å². The predicted octanol–water partition coefficient (Wildman–Crippen LogP) is 2.80. The molecule has 0 aromatic heterocycles. The molecule has 1 aromatic rings. The Kier molecular flexibility index (Phi) is 4.67. The highest BCUT2D eigenvalue weighted by Gasteiger charge is 2.51. The lowest BCUT2D eigenvalue weighted by Gasteiger charge is -2.23. The van der Waals surface area contributed by atoms with Crippen LogP contribution in [0.4, 0.5) is 0 Å². The third-order valence-corrected chi connectivity index (χ3v) is 4.85. The monoisotopic (exact) mass is 303 g/mol. The van der Waals surface area contributed by atoms with E-state index in [0.29, 0.717) is 12.6 Å². The molecule has 0 spiro atoms. The van der Waals surface area contributed by atoms with E-state index >= 15 is 0 Å². The van der Waals surface area contributed by atoms with Crippen molar-refractivity contribution in [3.8, 4) is 5.75 Å². The van der Waals surface area contributed by atoms with E-state index in [9.17, 15) is 4.79 Å². The van der Waals surface area contributed by atoms with Crippen LogP contribution in [-0.2, 0) is 14.9 Å². The number of carbonyl (C=O) groups is 1. The largest absolute Gasteiger partial charge is 0.497 e. The number of rotatable bonds is 6. The number of amides is 1. The number of nitrogens with one attached hydrogen (secondary N) is 1. The fourth-order valence-corrected chi connectivity index (χ4v) is 3.23. The van der Waals surface area contributed by atoms with Crippen LogP contribution in [0.25, 0.3) is 0 Å². The van der Waals surface area contributed by atoms with Crippen molar-refractivity contribution in [2.45, 2.75) is 50.0 Å². The van der Waals surface area contributed by atoms with Gasteiger partial charge in [-0.25, -0.2) is 0 Å². The van der Waals surface area contributed by atoms with Crippen LogP contribution >= 0.6 is 0 Å². The normalized spacial score (nSPS) is 22.9. The highest BCUT2D eigenvalue weighted by molar-refractivity contribution is 5.91. The van der Waals surface area contributed by atoms with Crippen LogP contribution in [0.3, 0.4) is 0 Å². The Hall–Kier alpha value is -1.55. The second-order valence-corrected chi connectivity index (χ2v) is 6.34. The topological polar surface area (TPSA) is 47.6 Å². The molecule has 2 aliphatic rings. The summed E-state index contributed by atoms with van der Waals surface area (Å²) < 4.78 is 10.9. The lowest BCUT2D eigenvalue weighted by molar-refractivity contribution is -0.123. The van der Waals surface area contributed by atoms with Crippen LogP contribution in [0.2, 0.25) is 0 Å². The summed E-state index contributed by atoms with van der Waals surface area (Å²) in [5, 5.41) is 3.11. The SMILES string of the molecule is COc1ccc(C2(C(=O)NCC[C@@H]3CCCCO3)CC2)cc1. The van der Waals surface area contributed by atoms with Gasteiger partial charge in [-0.1, -0.05) is 12.1 Å². The van der Waals surface area contributed by atoms with Crippen molar-refractivity contribution in [1.29, 1.82) is 0 Å². The molecule has 1 aliphatic carbocycles. The average molecular weight is 303 g/mol. The Morgan fingerprint density at radius 2 is 2.09 bits per heavy atom. The van der Waals surface area contributed by atoms with Gasteiger partial charge in [0.1, 0.15) is 5.75 Å². The summed E-state index contributed by atoms with van der Waals surface area (Å²) in [6, 6.07) is 7.88. The van der Waals surface area contributed by atoms with E-state index in [1.54, 1.807) is 7.11 Å². The van der Waals surface area contributed by atoms with E-state index in [1.165, 1.54) is 12.8 Å². The quantitative estimate of drug-likeness (QED) is 0.879. The van der Waals surface area contributed by atoms with E-state index < -0.39 is 0 Å². The standard InChI is InChI=1S/C18H25NO3/c1-21-15-7-5-14(6-8-15)18(10-11-18)17(20)19-12-9-16-4-2-3-13-22-16/h5-8,16H,2-4,9-13H2,1H3,(H,19,20)/t16-/m0/s1. The van der Waals surface area contributed by atoms with Gasteiger partial charge in [0.2, 0.25) is 5.91 Å². The van der Waals surface area contributed by atoms with Crippen molar-refractivity contribution < 1.29 is 14.3 Å². The van der Waals surface area contributed by atoms with Gasteiger partial charge in [0, 0.05) is 13.2 Å². The molecule has 1 saturated heterocycles. The minimum Gasteiger partial charge on any atom is -0.497 e. The molecule has 0 radical (unpaired) electrons. The Balaban J connectivity index is 1.52. The highest BCUT2D eigenvalue weighted by Crippen LogP contribution is 2.48. The summed E-state index contributed by atoms with van der Waals surface area (Å²) in [6.45, 7) is 1.58. The molecule has 1 amide bonds. The number of hydrogen-bond acceptors (Lipinski definition) is 3. The molecule has 1 saturated carbocycles. The van der Waals surface area contributed by atoms with Gasteiger partial charge in [-0.05, 0) is 56.2 Å². The van der Waals surface area contributed by atoms with Crippen molar-refractivity contribution in [1.82, 2.24) is 5.32 Å². The molecule has 22 heavy (non-hydrogen) atoms. The molecule has 1 aliphatic heterocycles. The van der Waals surface area contributed by atoms with Crippen LogP contribution in [0.1, 0.15) is 44.1 Å². The Bertz CT molecular complexity index is 502. The molecular formula is C18H25NO3. The van der Waals surface area contributed by atoms with Gasteiger partial charge in [-0.3, -0.25) is 4.79 Å². The number of benzene rings is 1. The average Bonchev–Trinajstić information content (AvgIpc) is 3.38. The molecule has 120 valence electrons. The van der Waals surface area contributed by atoms with Crippen LogP contribution < -0.4 is 10.1 Å². The van der Waals surface area contributed by atoms with Crippen LogP contribution in [0.5, 0.6) is 5.75 Å². The highest BCUT2D eigenvalue weighted by atomic mass is 16.5. The molecule has 4 nitrogen and oxygen atoms in total. The zero-order valence-corrected chi connectivity index (χ0v) is 13.3. The minimum atomic E-state index is -0.306. The number of carbonyl (C=O) groups excluding carboxylic acids is 1. The zero-order chi connectivity index (χ0) is 15.4. The van der Waals surface area contributed by atoms with Gasteiger partial charge in [0.05, 0.1) is 18.6 Å². The molecule has 2 fully saturated rings. The van der Waals surface area contributed by atoms with Gasteiger partial charge in [0.25, 0.3) is 0 Å². The summed E-state index contributed by atoms with van der Waals surface area (Å²) in [4.78, 5) is 12.5. The van der Waals surface area contributed by atoms with Crippen molar-refractivity contribution in [2.24, 2.45) is 0 Å². The van der Waals surface area contributed by atoms with Crippen molar-refractivity contribution in [3.63, 3.8) is 0 Å². The second-order valence-electron chi connectivity index (χ2n) is 6.34. The van der Waals surface area contributed by atoms with Gasteiger partial charge < -0.3 is 14.8 Å². The molecular weight excluding hydrogens is 278 g/mol. The smallest absolute Gasteiger partial charge is 0.230 e. The first kappa shape index (κ1) is 15.3. The molecule has 1 N–H and O–H groups in total. The first-order valence-corrected chi connectivity index (χ1v) is 8.29. The van der Waals surface area contributed by atoms with Crippen LogP contribution in [0.15, 0.2) is 24.3 Å². The predicted molar refractivity (Wildman–Crippen MR) is 85.1 cm³/mol. The molecule has 1 heterocycles. The van der Waals surface area contributed by atoms with Crippen LogP contribution in [-0.4, -0.2) is 32.3 Å². The maximum absolute atomic E-state index is 12.5. The molecule has 1 atom stereocenters. The Morgan fingerprint density at radius 3 is 2.68 bits per heavy atom. The van der Waals surface area contributed by atoms with E-state index in [0.717, 1.165) is 43.6 Å². The van der Waals surface area contributed by atoms with E-state index in [4.69, 9.17) is 9.47 Å². The number of methoxy groups -OCH3 is 1. The third kappa shape index (κ3) is 3.27. The molecule has 3 rings (SSSR count). The summed E-state index contributed by atoms with van der Waals surface area (Å²) in [5.74, 6) is 0.989. The van der Waals surface area contributed by atoms with Gasteiger partial charge in [-0.2, -0.15) is 0 Å². The van der Waals surface area contributed by atoms with Crippen molar-refractivity contribution >= 4 is 5.91 Å². The summed E-state index contributed by atoms with van der Waals surface area (Å²) in [5.41, 5.74) is 0.791. The lowest BCUT2D eigenvalue weighted by atomic mass is 9.94. The van der Waals surface area contributed by atoms with Gasteiger partial charge >= 0.3 is 0 Å². The summed E-state index contributed by atoms with van der Waals surface area (Å²) in [6.07, 6.45) is 6.66. The van der Waals surface area contributed by atoms with Crippen LogP contribution in [0, 0.1) is 0 Å². The van der Waals surface area contributed by atoms with Gasteiger partial charge in [0.15, 0.2) is 0 Å². The minimum absolute atomic E-state index is 0.161. The fourth-order valence-electron chi connectivity index (χ4n) is 3.23. The zero-order valence-electron chi connectivity index (χ0n) is 13.3. The lowest BCUT2D eigenvalue weighted by Crippen LogP contribution is -2.37. The second kappa shape index (κ2) is 6.69. The van der Waals surface area contributed by atoms with Crippen molar-refractivity contribution in [2.75, 3.05) is 20.3 Å². The summed E-state index contributed by atoms with van der Waals surface area (Å²) >= 11 is 0. The van der Waals surface area contributed by atoms with E-state index in [2.05, 4.69) is 5.32 Å². The third-order valence-electron chi connectivity index (χ3n) is 4.85. The van der Waals surface area contributed by atoms with E-state index in [1.807, 2.05) is 24.3 Å². The Labute approximate surface area is 132 Å². The molecule has 4 heteroatoms. The Morgan fingerprint density at radius 1 is 1.32 bits per heavy atom. The maximum atomic E-state index is 12.5. The first-order chi connectivity index (χ1) is 10.7. The molecule has 0 unspecified atom stereocenters. The number of hydrogen-bond donors (Lipinski definition) is 1. The summed E-state index contributed by atoms with van der Waals surface area (Å²) in [7, 11) is 1.65.